The van der Waals surface area contributed by atoms with Crippen molar-refractivity contribution in [3.63, 3.8) is 0 Å². The number of rotatable bonds is 32. The average molecular weight is 1060 g/mol. The summed E-state index contributed by atoms with van der Waals surface area (Å²) >= 11 is 0. The predicted molar refractivity (Wildman–Crippen MR) is 252 cm³/mol. The number of hydrogen-bond donors (Lipinski definition) is 15. The zero-order valence-electron chi connectivity index (χ0n) is 41.9. The lowest BCUT2D eigenvalue weighted by Crippen LogP contribution is -2.57. The molecule has 31 heteroatoms. The van der Waals surface area contributed by atoms with Crippen molar-refractivity contribution >= 4 is 88.7 Å². The van der Waals surface area contributed by atoms with E-state index in [4.69, 9.17) is 15.9 Å². The van der Waals surface area contributed by atoms with Gasteiger partial charge in [0.1, 0.15) is 42.8 Å². The maximum atomic E-state index is 13.3. The molecule has 0 aromatic heterocycles. The molecular formula is C43H69N13O18. The first-order valence-electron chi connectivity index (χ1n) is 23.3. The van der Waals surface area contributed by atoms with Crippen LogP contribution in [0, 0.1) is 11.8 Å². The molecule has 7 atom stereocenters. The van der Waals surface area contributed by atoms with E-state index in [1.165, 1.54) is 6.92 Å². The first-order valence-corrected chi connectivity index (χ1v) is 23.3. The second kappa shape index (κ2) is 32.2. The molecule has 1 aliphatic heterocycles. The molecule has 1 heterocycles. The van der Waals surface area contributed by atoms with Crippen molar-refractivity contribution in [3.8, 4) is 0 Å². The smallest absolute Gasteiger partial charge is 0.322 e. The highest BCUT2D eigenvalue weighted by Crippen LogP contribution is 2.17. The van der Waals surface area contributed by atoms with Crippen molar-refractivity contribution in [1.82, 2.24) is 63.4 Å². The number of aliphatic hydroxyl groups excluding tert-OH is 1. The Hall–Kier alpha value is -7.99. The van der Waals surface area contributed by atoms with Crippen LogP contribution in [0.2, 0.25) is 0 Å². The Labute approximate surface area is 424 Å². The number of aliphatic hydroxyl groups is 1. The van der Waals surface area contributed by atoms with Crippen LogP contribution in [0.5, 0.6) is 0 Å². The van der Waals surface area contributed by atoms with Gasteiger partial charge in [-0.1, -0.05) is 27.7 Å². The number of carboxylic acid groups (broad SMARTS) is 2. The Morgan fingerprint density at radius 2 is 1.01 bits per heavy atom. The molecule has 1 saturated heterocycles. The van der Waals surface area contributed by atoms with Crippen molar-refractivity contribution in [2.75, 3.05) is 45.8 Å². The first-order chi connectivity index (χ1) is 34.5. The van der Waals surface area contributed by atoms with E-state index in [2.05, 4.69) is 58.5 Å². The number of primary amides is 1. The Morgan fingerprint density at radius 3 is 1.51 bits per heavy atom. The van der Waals surface area contributed by atoms with E-state index in [0.29, 0.717) is 6.42 Å². The van der Waals surface area contributed by atoms with Crippen LogP contribution in [0.15, 0.2) is 0 Å². The number of carbonyl (C=O) groups excluding carboxylic acids is 13. The summed E-state index contributed by atoms with van der Waals surface area (Å²) in [7, 11) is 0. The molecule has 16 N–H and O–H groups in total. The summed E-state index contributed by atoms with van der Waals surface area (Å²) in [5.74, 6) is -14.7. The van der Waals surface area contributed by atoms with Crippen LogP contribution in [0.4, 0.5) is 0 Å². The number of hydrogen-bond acceptors (Lipinski definition) is 16. The summed E-state index contributed by atoms with van der Waals surface area (Å²) in [6, 6.07) is -8.05. The largest absolute Gasteiger partial charge is 0.481 e. The van der Waals surface area contributed by atoms with Gasteiger partial charge in [0.15, 0.2) is 0 Å². The van der Waals surface area contributed by atoms with Crippen LogP contribution >= 0.6 is 0 Å². The van der Waals surface area contributed by atoms with Gasteiger partial charge in [-0.15, -0.1) is 0 Å². The van der Waals surface area contributed by atoms with Crippen molar-refractivity contribution in [2.24, 2.45) is 17.6 Å². The van der Waals surface area contributed by atoms with Gasteiger partial charge in [-0.05, 0) is 44.4 Å². The van der Waals surface area contributed by atoms with Gasteiger partial charge >= 0.3 is 11.9 Å². The molecule has 0 aliphatic carbocycles. The van der Waals surface area contributed by atoms with Crippen LogP contribution in [0.25, 0.3) is 0 Å². The van der Waals surface area contributed by atoms with Gasteiger partial charge in [0.05, 0.1) is 45.2 Å². The van der Waals surface area contributed by atoms with E-state index >= 15 is 0 Å². The third-order valence-corrected chi connectivity index (χ3v) is 10.5. The lowest BCUT2D eigenvalue weighted by Gasteiger charge is -2.26. The number of likely N-dealkylation sites (tertiary alicyclic amines) is 1. The number of nitrogens with one attached hydrogen (secondary N) is 11. The summed E-state index contributed by atoms with van der Waals surface area (Å²) in [4.78, 5) is 187. The number of aliphatic carboxylic acids is 2. The molecule has 414 valence electrons. The van der Waals surface area contributed by atoms with Crippen molar-refractivity contribution in [1.29, 1.82) is 0 Å². The minimum absolute atomic E-state index is 0.0880. The van der Waals surface area contributed by atoms with E-state index < -0.39 is 196 Å². The summed E-state index contributed by atoms with van der Waals surface area (Å²) in [6.07, 6.45) is -2.50. The van der Waals surface area contributed by atoms with E-state index in [-0.39, 0.29) is 25.3 Å². The SMILES string of the molecule is CC(=O)N[C@@H](CC(N)=O)C(=O)NCC(=O)N[C@@H](CCC(=O)O)C(=O)NCC(=O)NC(C(=O)NCC(=O)N1CCC[C@H]1C(=O)NCC(=O)NC(C(=O)NCC(=O)N[C@@H](CC(C)C)C(=O)NCC(=O)O)C(C)O)C(C)C. The number of amides is 13. The fraction of sp³-hybridized carbons (Fsp3) is 0.651. The fourth-order valence-electron chi connectivity index (χ4n) is 6.92. The molecule has 0 aromatic rings. The van der Waals surface area contributed by atoms with Gasteiger partial charge < -0.3 is 84.4 Å². The molecule has 0 bridgehead atoms. The second-order valence-electron chi connectivity index (χ2n) is 17.7. The highest BCUT2D eigenvalue weighted by atomic mass is 16.4. The molecule has 0 aromatic carbocycles. The minimum Gasteiger partial charge on any atom is -0.481 e. The standard InChI is InChI=1S/C43H69N13O18/c1-20(2)12-25(39(70)50-19-35(67)68)53-30(61)15-48-43(74)37(22(5)57)55-32(63)17-47-41(72)27-8-7-11-56(27)33(64)18-49-42(73)36(21(3)4)54-31(62)16-45-38(69)24(9-10-34(65)66)52-29(60)14-46-40(71)26(13-28(44)59)51-23(6)58/h20-22,24-27,36-37,57H,7-19H2,1-6H3,(H2,44,59)(H,45,69)(H,46,71)(H,47,72)(H,48,74)(H,49,73)(H,50,70)(H,51,58)(H,52,60)(H,53,61)(H,54,62)(H,55,63)(H,65,66)(H,67,68)/t22?,24-,25-,26-,27-,36?,37?/m0/s1. The van der Waals surface area contributed by atoms with E-state index in [9.17, 15) is 77.0 Å². The van der Waals surface area contributed by atoms with E-state index in [1.807, 2.05) is 0 Å². The first kappa shape index (κ1) is 64.0. The van der Waals surface area contributed by atoms with Gasteiger partial charge in [0.25, 0.3) is 0 Å². The molecular weight excluding hydrogens is 987 g/mol. The van der Waals surface area contributed by atoms with Crippen molar-refractivity contribution in [2.45, 2.75) is 122 Å². The normalized spacial score (nSPS) is 15.3. The quantitative estimate of drug-likeness (QED) is 0.0298. The monoisotopic (exact) mass is 1060 g/mol. The van der Waals surface area contributed by atoms with Crippen LogP contribution in [-0.4, -0.2) is 197 Å². The summed E-state index contributed by atoms with van der Waals surface area (Å²) < 4.78 is 0. The van der Waals surface area contributed by atoms with Gasteiger partial charge in [-0.3, -0.25) is 71.9 Å². The van der Waals surface area contributed by atoms with Crippen LogP contribution in [0.3, 0.4) is 0 Å². The van der Waals surface area contributed by atoms with E-state index in [0.717, 1.165) is 11.8 Å². The molecule has 3 unspecified atom stereocenters. The van der Waals surface area contributed by atoms with Crippen LogP contribution in [-0.2, 0) is 71.9 Å². The Balaban J connectivity index is 2.78. The molecule has 13 amide bonds. The molecule has 74 heavy (non-hydrogen) atoms. The maximum Gasteiger partial charge on any atom is 0.322 e. The fourth-order valence-corrected chi connectivity index (χ4v) is 6.92. The molecule has 0 saturated carbocycles. The topological polar surface area (TPSA) is 478 Å². The Bertz CT molecular complexity index is 2090. The highest BCUT2D eigenvalue weighted by Gasteiger charge is 2.36. The Morgan fingerprint density at radius 1 is 0.554 bits per heavy atom. The Kier molecular flexibility index (Phi) is 27.8. The molecule has 1 fully saturated rings. The zero-order chi connectivity index (χ0) is 56.4. The number of nitrogens with two attached hydrogens (primary N) is 1. The van der Waals surface area contributed by atoms with E-state index in [1.54, 1.807) is 27.7 Å². The van der Waals surface area contributed by atoms with Gasteiger partial charge in [-0.2, -0.15) is 0 Å². The zero-order valence-corrected chi connectivity index (χ0v) is 41.9. The lowest BCUT2D eigenvalue weighted by molar-refractivity contribution is -0.139. The average Bonchev–Trinajstić information content (AvgIpc) is 3.81. The van der Waals surface area contributed by atoms with Gasteiger partial charge in [0.2, 0.25) is 76.8 Å². The van der Waals surface area contributed by atoms with Gasteiger partial charge in [-0.25, -0.2) is 0 Å². The van der Waals surface area contributed by atoms with Gasteiger partial charge in [0, 0.05) is 19.9 Å². The molecule has 1 rings (SSSR count). The number of carbonyl (C=O) groups is 15. The maximum absolute atomic E-state index is 13.3. The number of carboxylic acids is 2. The minimum atomic E-state index is -1.61. The van der Waals surface area contributed by atoms with Crippen molar-refractivity contribution in [3.05, 3.63) is 0 Å². The highest BCUT2D eigenvalue weighted by molar-refractivity contribution is 5.98. The van der Waals surface area contributed by atoms with Crippen molar-refractivity contribution < 1.29 is 87.2 Å². The summed E-state index contributed by atoms with van der Waals surface area (Å²) in [5.41, 5.74) is 5.10. The molecule has 0 spiro atoms. The summed E-state index contributed by atoms with van der Waals surface area (Å²) in [5, 5.41) is 53.2. The predicted octanol–water partition coefficient (Wildman–Crippen LogP) is -7.97. The molecule has 31 nitrogen and oxygen atoms in total. The summed E-state index contributed by atoms with van der Waals surface area (Å²) in [6.45, 7) is 4.67. The number of nitrogens with zero attached hydrogens (tertiary/aromatic N) is 1. The van der Waals surface area contributed by atoms with Crippen LogP contribution in [0.1, 0.15) is 80.1 Å². The molecule has 1 aliphatic rings. The lowest BCUT2D eigenvalue weighted by atomic mass is 10.0. The molecule has 0 radical (unpaired) electrons. The third kappa shape index (κ3) is 24.9. The second-order valence-corrected chi connectivity index (χ2v) is 17.7. The third-order valence-electron chi connectivity index (χ3n) is 10.5. The van der Waals surface area contributed by atoms with Crippen LogP contribution < -0.4 is 64.2 Å².